The van der Waals surface area contributed by atoms with E-state index in [0.29, 0.717) is 19.1 Å². The fourth-order valence-electron chi connectivity index (χ4n) is 2.36. The first kappa shape index (κ1) is 22.8. The van der Waals surface area contributed by atoms with Gasteiger partial charge in [-0.1, -0.05) is 33.1 Å². The Hall–Kier alpha value is -1.22. The predicted molar refractivity (Wildman–Crippen MR) is 94.1 cm³/mol. The molecule has 0 saturated carbocycles. The van der Waals surface area contributed by atoms with Gasteiger partial charge >= 0.3 is 11.9 Å². The zero-order valence-electron chi connectivity index (χ0n) is 15.9. The highest BCUT2D eigenvalue weighted by atomic mass is 16.6. The molecule has 1 heterocycles. The van der Waals surface area contributed by atoms with E-state index < -0.39 is 18.0 Å². The van der Waals surface area contributed by atoms with Crippen LogP contribution in [0.3, 0.4) is 0 Å². The lowest BCUT2D eigenvalue weighted by molar-refractivity contribution is -0.159. The highest BCUT2D eigenvalue weighted by Gasteiger charge is 2.24. The zero-order valence-corrected chi connectivity index (χ0v) is 15.9. The van der Waals surface area contributed by atoms with Crippen molar-refractivity contribution in [1.82, 2.24) is 0 Å². The zero-order chi connectivity index (χ0) is 19.2. The second-order valence-corrected chi connectivity index (χ2v) is 6.54. The second-order valence-electron chi connectivity index (χ2n) is 6.54. The Labute approximate surface area is 155 Å². The normalized spacial score (nSPS) is 18.2. The van der Waals surface area contributed by atoms with Crippen molar-refractivity contribution in [2.45, 2.75) is 64.6 Å². The van der Waals surface area contributed by atoms with E-state index in [1.807, 2.05) is 0 Å². The van der Waals surface area contributed by atoms with Crippen molar-refractivity contribution in [2.75, 3.05) is 33.0 Å². The molecule has 1 fully saturated rings. The highest BCUT2D eigenvalue weighted by molar-refractivity contribution is 5.77. The Morgan fingerprint density at radius 3 is 2.50 bits per heavy atom. The third kappa shape index (κ3) is 11.4. The number of unbranched alkanes of at least 4 members (excludes halogenated alkanes) is 1. The summed E-state index contributed by atoms with van der Waals surface area (Å²) >= 11 is 0. The maximum absolute atomic E-state index is 11.9. The maximum Gasteiger partial charge on any atom is 0.306 e. The second kappa shape index (κ2) is 13.9. The van der Waals surface area contributed by atoms with Crippen molar-refractivity contribution in [1.29, 1.82) is 0 Å². The van der Waals surface area contributed by atoms with E-state index in [2.05, 4.69) is 18.7 Å². The smallest absolute Gasteiger partial charge is 0.306 e. The van der Waals surface area contributed by atoms with E-state index in [0.717, 1.165) is 19.3 Å². The fraction of sp³-hybridized carbons (Fsp3) is 0.889. The van der Waals surface area contributed by atoms with E-state index in [1.165, 1.54) is 6.42 Å². The molecule has 0 aromatic rings. The van der Waals surface area contributed by atoms with Gasteiger partial charge in [-0.05, 0) is 12.3 Å². The van der Waals surface area contributed by atoms with Crippen LogP contribution in [0.4, 0.5) is 0 Å². The lowest BCUT2D eigenvalue weighted by Crippen LogP contribution is -2.30. The van der Waals surface area contributed by atoms with Crippen LogP contribution < -0.4 is 5.90 Å². The first-order chi connectivity index (χ1) is 12.6. The molecule has 0 amide bonds. The Bertz CT molecular complexity index is 401. The minimum absolute atomic E-state index is 0.0124. The molecule has 26 heavy (non-hydrogen) atoms. The molecule has 1 rings (SSSR count). The SMILES string of the molecule is CCCCC(CC)COCC(CON)OC(=O)CCC(=O)OCC1CO1. The number of nitrogens with two attached hydrogens (primary N) is 1. The van der Waals surface area contributed by atoms with Gasteiger partial charge in [0.05, 0.1) is 26.1 Å². The monoisotopic (exact) mass is 375 g/mol. The number of esters is 2. The molecule has 8 heteroatoms. The summed E-state index contributed by atoms with van der Waals surface area (Å²) in [6.07, 6.45) is 3.84. The van der Waals surface area contributed by atoms with Gasteiger partial charge in [0.15, 0.2) is 6.10 Å². The standard InChI is InChI=1S/C18H33NO7/c1-3-5-6-14(4-2)9-22-10-16(13-25-19)26-18(21)8-7-17(20)24-12-15-11-23-15/h14-16H,3-13,19H2,1-2H3. The minimum atomic E-state index is -0.591. The molecular weight excluding hydrogens is 342 g/mol. The Morgan fingerprint density at radius 2 is 1.88 bits per heavy atom. The van der Waals surface area contributed by atoms with Crippen LogP contribution in [0.15, 0.2) is 0 Å². The van der Waals surface area contributed by atoms with E-state index in [4.69, 9.17) is 24.8 Å². The van der Waals surface area contributed by atoms with Crippen molar-refractivity contribution in [3.8, 4) is 0 Å². The van der Waals surface area contributed by atoms with Crippen LogP contribution in [0.5, 0.6) is 0 Å². The number of carbonyl (C=O) groups excluding carboxylic acids is 2. The van der Waals surface area contributed by atoms with E-state index >= 15 is 0 Å². The number of epoxide rings is 1. The number of ether oxygens (including phenoxy) is 4. The highest BCUT2D eigenvalue weighted by Crippen LogP contribution is 2.13. The Balaban J connectivity index is 2.20. The average Bonchev–Trinajstić information content (AvgIpc) is 3.45. The molecule has 0 aromatic heterocycles. The molecule has 1 saturated heterocycles. The molecule has 0 spiro atoms. The molecule has 3 unspecified atom stereocenters. The van der Waals surface area contributed by atoms with Gasteiger partial charge in [-0.25, -0.2) is 5.90 Å². The average molecular weight is 375 g/mol. The summed E-state index contributed by atoms with van der Waals surface area (Å²) in [7, 11) is 0. The molecule has 0 bridgehead atoms. The van der Waals surface area contributed by atoms with E-state index in [1.54, 1.807) is 0 Å². The largest absolute Gasteiger partial charge is 0.463 e. The van der Waals surface area contributed by atoms with Gasteiger partial charge in [-0.3, -0.25) is 9.59 Å². The summed E-state index contributed by atoms with van der Waals surface area (Å²) in [5.41, 5.74) is 0. The maximum atomic E-state index is 11.9. The topological polar surface area (TPSA) is 110 Å². The van der Waals surface area contributed by atoms with Crippen LogP contribution in [0.25, 0.3) is 0 Å². The van der Waals surface area contributed by atoms with Gasteiger partial charge in [-0.2, -0.15) is 0 Å². The van der Waals surface area contributed by atoms with E-state index in [-0.39, 0.29) is 38.8 Å². The molecular formula is C18H33NO7. The van der Waals surface area contributed by atoms with Gasteiger partial charge in [0.25, 0.3) is 0 Å². The Morgan fingerprint density at radius 1 is 1.15 bits per heavy atom. The van der Waals surface area contributed by atoms with Gasteiger partial charge < -0.3 is 23.8 Å². The predicted octanol–water partition coefficient (Wildman–Crippen LogP) is 1.74. The van der Waals surface area contributed by atoms with Crippen molar-refractivity contribution >= 4 is 11.9 Å². The Kier molecular flexibility index (Phi) is 12.2. The molecule has 0 radical (unpaired) electrons. The quantitative estimate of drug-likeness (QED) is 0.247. The van der Waals surface area contributed by atoms with Crippen molar-refractivity contribution in [2.24, 2.45) is 11.8 Å². The van der Waals surface area contributed by atoms with Crippen molar-refractivity contribution in [3.63, 3.8) is 0 Å². The third-order valence-corrected chi connectivity index (χ3v) is 4.15. The summed E-state index contributed by atoms with van der Waals surface area (Å²) in [6, 6.07) is 0. The van der Waals surface area contributed by atoms with Gasteiger partial charge in [-0.15, -0.1) is 0 Å². The number of hydrogen-bond acceptors (Lipinski definition) is 8. The van der Waals surface area contributed by atoms with Crippen LogP contribution in [0.2, 0.25) is 0 Å². The van der Waals surface area contributed by atoms with Crippen LogP contribution >= 0.6 is 0 Å². The molecule has 1 aliphatic rings. The number of rotatable bonds is 16. The summed E-state index contributed by atoms with van der Waals surface area (Å²) < 4.78 is 20.9. The molecule has 1 aliphatic heterocycles. The lowest BCUT2D eigenvalue weighted by Gasteiger charge is -2.19. The summed E-state index contributed by atoms with van der Waals surface area (Å²) in [5, 5.41) is 0. The van der Waals surface area contributed by atoms with Crippen molar-refractivity contribution in [3.05, 3.63) is 0 Å². The number of carbonyl (C=O) groups is 2. The van der Waals surface area contributed by atoms with Crippen LogP contribution in [0.1, 0.15) is 52.4 Å². The molecule has 0 aromatic carbocycles. The lowest BCUT2D eigenvalue weighted by atomic mass is 10.0. The van der Waals surface area contributed by atoms with Crippen LogP contribution in [-0.4, -0.2) is 57.2 Å². The molecule has 0 aliphatic carbocycles. The third-order valence-electron chi connectivity index (χ3n) is 4.15. The summed E-state index contributed by atoms with van der Waals surface area (Å²) in [5.74, 6) is 4.64. The molecule has 2 N–H and O–H groups in total. The van der Waals surface area contributed by atoms with Crippen LogP contribution in [0, 0.1) is 5.92 Å². The van der Waals surface area contributed by atoms with Gasteiger partial charge in [0, 0.05) is 6.61 Å². The fourth-order valence-corrected chi connectivity index (χ4v) is 2.36. The molecule has 3 atom stereocenters. The van der Waals surface area contributed by atoms with Gasteiger partial charge in [0.2, 0.25) is 0 Å². The van der Waals surface area contributed by atoms with Gasteiger partial charge in [0.1, 0.15) is 19.3 Å². The van der Waals surface area contributed by atoms with Crippen LogP contribution in [-0.2, 0) is 33.4 Å². The first-order valence-corrected chi connectivity index (χ1v) is 9.45. The molecule has 152 valence electrons. The first-order valence-electron chi connectivity index (χ1n) is 9.45. The number of hydrogen-bond donors (Lipinski definition) is 1. The molecule has 8 nitrogen and oxygen atoms in total. The minimum Gasteiger partial charge on any atom is -0.463 e. The summed E-state index contributed by atoms with van der Waals surface area (Å²) in [6.45, 7) is 6.03. The van der Waals surface area contributed by atoms with E-state index in [9.17, 15) is 9.59 Å². The summed E-state index contributed by atoms with van der Waals surface area (Å²) in [4.78, 5) is 28.0. The van der Waals surface area contributed by atoms with Crippen molar-refractivity contribution < 1.29 is 33.4 Å².